The third kappa shape index (κ3) is 2.23. The Bertz CT molecular complexity index is 1070. The zero-order chi connectivity index (χ0) is 16.8. The summed E-state index contributed by atoms with van der Waals surface area (Å²) < 4.78 is 0. The number of nitrogens with zero attached hydrogens (tertiary/aromatic N) is 2. The lowest BCUT2D eigenvalue weighted by atomic mass is 9.98. The molecule has 25 heavy (non-hydrogen) atoms. The van der Waals surface area contributed by atoms with Gasteiger partial charge in [0, 0.05) is 38.9 Å². The zero-order valence-electron chi connectivity index (χ0n) is 13.7. The minimum atomic E-state index is 0.0660. The van der Waals surface area contributed by atoms with Gasteiger partial charge in [0.15, 0.2) is 5.65 Å². The summed E-state index contributed by atoms with van der Waals surface area (Å²) in [5.41, 5.74) is 6.66. The van der Waals surface area contributed by atoms with Crippen molar-refractivity contribution >= 4 is 28.5 Å². The number of thioether (sulfide) groups is 1. The molecule has 1 atom stereocenters. The van der Waals surface area contributed by atoms with E-state index in [2.05, 4.69) is 81.5 Å². The summed E-state index contributed by atoms with van der Waals surface area (Å²) >= 11 is 1.76. The number of aromatic nitrogens is 3. The van der Waals surface area contributed by atoms with E-state index in [0.29, 0.717) is 0 Å². The van der Waals surface area contributed by atoms with Crippen LogP contribution < -0.4 is 5.32 Å². The van der Waals surface area contributed by atoms with Crippen LogP contribution in [0.3, 0.4) is 0 Å². The highest BCUT2D eigenvalue weighted by Gasteiger charge is 2.26. The van der Waals surface area contributed by atoms with Gasteiger partial charge in [0.25, 0.3) is 0 Å². The maximum Gasteiger partial charge on any atom is 0.160 e. The number of hydrogen-bond acceptors (Lipinski definition) is 4. The van der Waals surface area contributed by atoms with E-state index in [0.717, 1.165) is 27.8 Å². The van der Waals surface area contributed by atoms with E-state index < -0.39 is 0 Å². The summed E-state index contributed by atoms with van der Waals surface area (Å²) in [5.74, 6) is 0. The van der Waals surface area contributed by atoms with Gasteiger partial charge in [0.1, 0.15) is 0 Å². The third-order valence-corrected chi connectivity index (χ3v) is 5.52. The van der Waals surface area contributed by atoms with Crippen molar-refractivity contribution < 1.29 is 0 Å². The average Bonchev–Trinajstić information content (AvgIpc) is 3.04. The Morgan fingerprint density at radius 3 is 2.68 bits per heavy atom. The van der Waals surface area contributed by atoms with Gasteiger partial charge >= 0.3 is 0 Å². The van der Waals surface area contributed by atoms with Crippen molar-refractivity contribution in [3.8, 4) is 11.1 Å². The minimum Gasteiger partial charge on any atom is -0.374 e. The number of hydrogen-bond donors (Lipinski definition) is 2. The van der Waals surface area contributed by atoms with Crippen molar-refractivity contribution in [1.82, 2.24) is 15.2 Å². The summed E-state index contributed by atoms with van der Waals surface area (Å²) in [4.78, 5) is 4.55. The second-order valence-electron chi connectivity index (χ2n) is 6.12. The number of rotatable bonds is 2. The summed E-state index contributed by atoms with van der Waals surface area (Å²) in [6.45, 7) is 0. The Morgan fingerprint density at radius 2 is 1.84 bits per heavy atom. The van der Waals surface area contributed by atoms with Crippen molar-refractivity contribution in [3.05, 3.63) is 72.1 Å². The minimum absolute atomic E-state index is 0.0660. The molecule has 0 radical (unpaired) electrons. The van der Waals surface area contributed by atoms with E-state index in [9.17, 15) is 0 Å². The number of aromatic amines is 1. The van der Waals surface area contributed by atoms with E-state index in [-0.39, 0.29) is 6.04 Å². The second kappa shape index (κ2) is 5.63. The molecule has 1 aliphatic rings. The zero-order valence-corrected chi connectivity index (χ0v) is 14.5. The van der Waals surface area contributed by atoms with Crippen LogP contribution in [0.15, 0.2) is 65.8 Å². The highest BCUT2D eigenvalue weighted by atomic mass is 32.2. The van der Waals surface area contributed by atoms with Crippen molar-refractivity contribution in [2.45, 2.75) is 10.9 Å². The fourth-order valence-corrected chi connectivity index (χ4v) is 3.97. The molecule has 1 unspecified atom stereocenters. The average molecular weight is 344 g/mol. The van der Waals surface area contributed by atoms with Crippen molar-refractivity contribution in [1.29, 1.82) is 0 Å². The summed E-state index contributed by atoms with van der Waals surface area (Å²) in [7, 11) is 0. The van der Waals surface area contributed by atoms with E-state index in [1.807, 2.05) is 6.20 Å². The van der Waals surface area contributed by atoms with E-state index in [4.69, 9.17) is 0 Å². The van der Waals surface area contributed by atoms with Crippen LogP contribution in [0.2, 0.25) is 0 Å². The molecule has 0 fully saturated rings. The molecule has 122 valence electrons. The van der Waals surface area contributed by atoms with E-state index in [1.165, 1.54) is 16.0 Å². The Kier molecular flexibility index (Phi) is 3.28. The lowest BCUT2D eigenvalue weighted by Crippen LogP contribution is -2.11. The summed E-state index contributed by atoms with van der Waals surface area (Å²) in [6, 6.07) is 17.2. The fourth-order valence-electron chi connectivity index (χ4n) is 3.57. The van der Waals surface area contributed by atoms with Crippen LogP contribution >= 0.6 is 11.8 Å². The number of fused-ring (bicyclic) bond motifs is 2. The number of H-pyrrole nitrogens is 1. The quantitative estimate of drug-likeness (QED) is 0.510. The molecule has 2 aromatic carbocycles. The largest absolute Gasteiger partial charge is 0.374 e. The van der Waals surface area contributed by atoms with E-state index in [1.54, 1.807) is 11.8 Å². The van der Waals surface area contributed by atoms with Crippen LogP contribution in [0.1, 0.15) is 17.2 Å². The van der Waals surface area contributed by atoms with Crippen LogP contribution in [0.4, 0.5) is 5.69 Å². The Balaban J connectivity index is 1.78. The molecule has 1 aliphatic heterocycles. The number of anilines is 1. The summed E-state index contributed by atoms with van der Waals surface area (Å²) in [5, 5.41) is 13.3. The van der Waals surface area contributed by atoms with Crippen LogP contribution in [0, 0.1) is 0 Å². The Morgan fingerprint density at radius 1 is 1.00 bits per heavy atom. The standard InChI is InChI=1S/C20H16N4S/c1-25-13-8-6-12(7-9-13)19-16-10-21-20-18(16)15(11-22-24-20)14-4-2-3-5-17(14)23-19/h2-11,19,23H,1H3,(H,21,24). The van der Waals surface area contributed by atoms with Gasteiger partial charge in [-0.25, -0.2) is 0 Å². The molecule has 2 N–H and O–H groups in total. The molecule has 0 spiro atoms. The van der Waals surface area contributed by atoms with Crippen LogP contribution in [0.25, 0.3) is 22.2 Å². The fraction of sp³-hybridized carbons (Fsp3) is 0.100. The molecule has 3 heterocycles. The smallest absolute Gasteiger partial charge is 0.160 e. The maximum absolute atomic E-state index is 4.28. The highest BCUT2D eigenvalue weighted by Crippen LogP contribution is 2.43. The van der Waals surface area contributed by atoms with Gasteiger partial charge in [0.05, 0.1) is 12.2 Å². The third-order valence-electron chi connectivity index (χ3n) is 4.78. The van der Waals surface area contributed by atoms with Crippen molar-refractivity contribution in [3.63, 3.8) is 0 Å². The van der Waals surface area contributed by atoms with Crippen LogP contribution in [-0.4, -0.2) is 21.4 Å². The first-order chi connectivity index (χ1) is 12.3. The van der Waals surface area contributed by atoms with Gasteiger partial charge in [-0.15, -0.1) is 16.9 Å². The molecule has 4 aromatic rings. The lowest BCUT2D eigenvalue weighted by molar-refractivity contribution is 0.950. The first-order valence-corrected chi connectivity index (χ1v) is 9.40. The Labute approximate surface area is 149 Å². The summed E-state index contributed by atoms with van der Waals surface area (Å²) in [6.07, 6.45) is 6.01. The molecular weight excluding hydrogens is 328 g/mol. The molecule has 0 saturated heterocycles. The first-order valence-electron chi connectivity index (χ1n) is 8.17. The predicted molar refractivity (Wildman–Crippen MR) is 103 cm³/mol. The van der Waals surface area contributed by atoms with Crippen LogP contribution in [-0.2, 0) is 0 Å². The van der Waals surface area contributed by atoms with Gasteiger partial charge in [-0.1, -0.05) is 30.3 Å². The molecule has 0 saturated carbocycles. The maximum atomic E-state index is 4.28. The molecule has 5 rings (SSSR count). The number of para-hydroxylation sites is 1. The number of nitrogens with one attached hydrogen (secondary N) is 2. The molecule has 4 nitrogen and oxygen atoms in total. The van der Waals surface area contributed by atoms with Gasteiger partial charge in [-0.05, 0) is 30.0 Å². The van der Waals surface area contributed by atoms with Crippen LogP contribution in [0.5, 0.6) is 0 Å². The van der Waals surface area contributed by atoms with E-state index >= 15 is 0 Å². The molecule has 5 heteroatoms. The van der Waals surface area contributed by atoms with Gasteiger partial charge in [-0.2, -0.15) is 5.10 Å². The highest BCUT2D eigenvalue weighted by molar-refractivity contribution is 7.98. The van der Waals surface area contributed by atoms with Gasteiger partial charge in [-0.3, -0.25) is 0 Å². The molecule has 2 aromatic heterocycles. The molecular formula is C20H16N4S. The van der Waals surface area contributed by atoms with Crippen molar-refractivity contribution in [2.75, 3.05) is 11.6 Å². The predicted octanol–water partition coefficient (Wildman–Crippen LogP) is 4.86. The second-order valence-corrected chi connectivity index (χ2v) is 7.00. The first kappa shape index (κ1) is 14.5. The lowest BCUT2D eigenvalue weighted by Gasteiger charge is -2.19. The van der Waals surface area contributed by atoms with Gasteiger partial charge in [0.2, 0.25) is 0 Å². The molecule has 0 aliphatic carbocycles. The van der Waals surface area contributed by atoms with Gasteiger partial charge < -0.3 is 10.3 Å². The normalized spacial score (nSPS) is 15.5. The molecule has 0 amide bonds. The SMILES string of the molecule is CSc1ccc(C2Nc3ccccc3-c3cnnc4[nH]cc2c34)cc1. The Hall–Kier alpha value is -2.79. The van der Waals surface area contributed by atoms with Crippen molar-refractivity contribution in [2.24, 2.45) is 0 Å². The molecule has 0 bridgehead atoms. The monoisotopic (exact) mass is 344 g/mol. The topological polar surface area (TPSA) is 53.6 Å². The number of benzene rings is 2.